The number of hydrogen-bond acceptors (Lipinski definition) is 5. The number of sulfonamides is 1. The number of ether oxygens (including phenoxy) is 1. The molecular formula is C12H17N3O3S. The van der Waals surface area contributed by atoms with E-state index in [1.807, 2.05) is 13.0 Å². The van der Waals surface area contributed by atoms with Gasteiger partial charge in [0, 0.05) is 18.3 Å². The van der Waals surface area contributed by atoms with Crippen LogP contribution in [0.5, 0.6) is 0 Å². The average molecular weight is 283 g/mol. The monoisotopic (exact) mass is 283 g/mol. The molecule has 1 aromatic carbocycles. The van der Waals surface area contributed by atoms with E-state index >= 15 is 0 Å². The summed E-state index contributed by atoms with van der Waals surface area (Å²) in [6.07, 6.45) is 0. The highest BCUT2D eigenvalue weighted by Gasteiger charge is 2.21. The Morgan fingerprint density at radius 3 is 2.79 bits per heavy atom. The van der Waals surface area contributed by atoms with Gasteiger partial charge in [-0.25, -0.2) is 13.1 Å². The zero-order valence-electron chi connectivity index (χ0n) is 10.9. The Kier molecular flexibility index (Phi) is 5.30. The molecule has 0 heterocycles. The molecule has 0 aliphatic rings. The highest BCUT2D eigenvalue weighted by molar-refractivity contribution is 7.89. The van der Waals surface area contributed by atoms with Gasteiger partial charge in [-0.3, -0.25) is 0 Å². The zero-order valence-corrected chi connectivity index (χ0v) is 11.7. The molecule has 0 aliphatic carbocycles. The molecule has 1 unspecified atom stereocenters. The van der Waals surface area contributed by atoms with E-state index in [0.717, 1.165) is 0 Å². The van der Waals surface area contributed by atoms with Crippen molar-refractivity contribution in [2.24, 2.45) is 0 Å². The van der Waals surface area contributed by atoms with E-state index < -0.39 is 10.0 Å². The molecule has 0 aromatic heterocycles. The average Bonchev–Trinajstić information content (AvgIpc) is 2.35. The van der Waals surface area contributed by atoms with E-state index in [-0.39, 0.29) is 23.1 Å². The Balaban J connectivity index is 2.98. The molecule has 104 valence electrons. The van der Waals surface area contributed by atoms with Crippen LogP contribution >= 0.6 is 0 Å². The van der Waals surface area contributed by atoms with Crippen LogP contribution in [0.4, 0.5) is 5.69 Å². The Morgan fingerprint density at radius 2 is 2.21 bits per heavy atom. The summed E-state index contributed by atoms with van der Waals surface area (Å²) in [5.74, 6) is 0. The predicted octanol–water partition coefficient (Wildman–Crippen LogP) is 0.844. The van der Waals surface area contributed by atoms with Gasteiger partial charge >= 0.3 is 0 Å². The number of rotatable bonds is 6. The van der Waals surface area contributed by atoms with Gasteiger partial charge in [-0.2, -0.15) is 5.26 Å². The highest BCUT2D eigenvalue weighted by atomic mass is 32.2. The predicted molar refractivity (Wildman–Crippen MR) is 71.8 cm³/mol. The largest absolute Gasteiger partial charge is 0.399 e. The van der Waals surface area contributed by atoms with Gasteiger partial charge in [0.25, 0.3) is 0 Å². The van der Waals surface area contributed by atoms with E-state index in [4.69, 9.17) is 15.7 Å². The fraction of sp³-hybridized carbons (Fsp3) is 0.417. The zero-order chi connectivity index (χ0) is 14.5. The minimum absolute atomic E-state index is 0.0242. The smallest absolute Gasteiger partial charge is 0.242 e. The third-order valence-corrected chi connectivity index (χ3v) is 3.99. The number of anilines is 1. The van der Waals surface area contributed by atoms with E-state index in [2.05, 4.69) is 4.72 Å². The minimum Gasteiger partial charge on any atom is -0.399 e. The molecule has 3 N–H and O–H groups in total. The molecule has 0 spiro atoms. The summed E-state index contributed by atoms with van der Waals surface area (Å²) in [4.78, 5) is -0.0763. The number of hydrogen-bond donors (Lipinski definition) is 2. The maximum Gasteiger partial charge on any atom is 0.242 e. The molecule has 0 amide bonds. The first kappa shape index (κ1) is 15.4. The van der Waals surface area contributed by atoms with Gasteiger partial charge in [0.15, 0.2) is 0 Å². The van der Waals surface area contributed by atoms with Crippen molar-refractivity contribution in [3.8, 4) is 6.07 Å². The standard InChI is InChI=1S/C12H17N3O3S/c1-3-18-8-9(2)15-19(16,17)12-5-4-11(14)6-10(12)7-13/h4-6,9,15H,3,8,14H2,1-2H3. The lowest BCUT2D eigenvalue weighted by Gasteiger charge is -2.14. The summed E-state index contributed by atoms with van der Waals surface area (Å²) in [5.41, 5.74) is 5.90. The summed E-state index contributed by atoms with van der Waals surface area (Å²) < 4.78 is 31.9. The van der Waals surface area contributed by atoms with Crippen LogP contribution in [-0.2, 0) is 14.8 Å². The number of benzene rings is 1. The number of nitrogens with zero attached hydrogens (tertiary/aromatic N) is 1. The van der Waals surface area contributed by atoms with Crippen molar-refractivity contribution in [2.75, 3.05) is 18.9 Å². The van der Waals surface area contributed by atoms with Crippen LogP contribution < -0.4 is 10.5 Å². The van der Waals surface area contributed by atoms with Crippen molar-refractivity contribution in [3.63, 3.8) is 0 Å². The van der Waals surface area contributed by atoms with Crippen LogP contribution in [0, 0.1) is 11.3 Å². The first-order valence-electron chi connectivity index (χ1n) is 5.80. The van der Waals surface area contributed by atoms with Crippen molar-refractivity contribution < 1.29 is 13.2 Å². The Labute approximate surface area is 113 Å². The van der Waals surface area contributed by atoms with Crippen molar-refractivity contribution in [2.45, 2.75) is 24.8 Å². The fourth-order valence-electron chi connectivity index (χ4n) is 1.53. The van der Waals surface area contributed by atoms with Crippen molar-refractivity contribution in [1.82, 2.24) is 4.72 Å². The Morgan fingerprint density at radius 1 is 1.53 bits per heavy atom. The highest BCUT2D eigenvalue weighted by Crippen LogP contribution is 2.18. The number of nitrogens with one attached hydrogen (secondary N) is 1. The molecule has 0 aliphatic heterocycles. The molecular weight excluding hydrogens is 266 g/mol. The third-order valence-electron chi connectivity index (χ3n) is 2.34. The summed E-state index contributed by atoms with van der Waals surface area (Å²) in [6.45, 7) is 4.30. The Bertz CT molecular complexity index is 578. The minimum atomic E-state index is -3.76. The van der Waals surface area contributed by atoms with Crippen LogP contribution in [0.3, 0.4) is 0 Å². The van der Waals surface area contributed by atoms with Crippen LogP contribution in [0.15, 0.2) is 23.1 Å². The molecule has 7 heteroatoms. The van der Waals surface area contributed by atoms with Gasteiger partial charge in [0.05, 0.1) is 17.1 Å². The molecule has 0 saturated heterocycles. The van der Waals surface area contributed by atoms with Gasteiger partial charge in [-0.1, -0.05) is 0 Å². The molecule has 0 saturated carbocycles. The van der Waals surface area contributed by atoms with Crippen molar-refractivity contribution in [3.05, 3.63) is 23.8 Å². The van der Waals surface area contributed by atoms with Crippen molar-refractivity contribution >= 4 is 15.7 Å². The quantitative estimate of drug-likeness (QED) is 0.753. The Hall–Kier alpha value is -1.62. The lowest BCUT2D eigenvalue weighted by molar-refractivity contribution is 0.133. The third kappa shape index (κ3) is 4.21. The SMILES string of the molecule is CCOCC(C)NS(=O)(=O)c1ccc(N)cc1C#N. The summed E-state index contributed by atoms with van der Waals surface area (Å²) >= 11 is 0. The maximum atomic E-state index is 12.1. The molecule has 0 bridgehead atoms. The first-order chi connectivity index (χ1) is 8.90. The van der Waals surface area contributed by atoms with E-state index in [1.54, 1.807) is 6.92 Å². The first-order valence-corrected chi connectivity index (χ1v) is 7.28. The van der Waals surface area contributed by atoms with E-state index in [9.17, 15) is 8.42 Å². The van der Waals surface area contributed by atoms with E-state index in [1.165, 1.54) is 18.2 Å². The molecule has 6 nitrogen and oxygen atoms in total. The van der Waals surface area contributed by atoms with E-state index in [0.29, 0.717) is 12.3 Å². The lowest BCUT2D eigenvalue weighted by atomic mass is 10.2. The maximum absolute atomic E-state index is 12.1. The fourth-order valence-corrected chi connectivity index (χ4v) is 2.89. The number of nitrogen functional groups attached to an aromatic ring is 1. The van der Waals surface area contributed by atoms with Crippen LogP contribution in [0.25, 0.3) is 0 Å². The van der Waals surface area contributed by atoms with Gasteiger partial charge in [0.2, 0.25) is 10.0 Å². The van der Waals surface area contributed by atoms with Gasteiger partial charge in [0.1, 0.15) is 6.07 Å². The lowest BCUT2D eigenvalue weighted by Crippen LogP contribution is -2.36. The molecule has 1 rings (SSSR count). The second-order valence-electron chi connectivity index (χ2n) is 4.05. The summed E-state index contributed by atoms with van der Waals surface area (Å²) in [7, 11) is -3.76. The van der Waals surface area contributed by atoms with Gasteiger partial charge in [-0.15, -0.1) is 0 Å². The topological polar surface area (TPSA) is 105 Å². The summed E-state index contributed by atoms with van der Waals surface area (Å²) in [5, 5.41) is 8.96. The van der Waals surface area contributed by atoms with Crippen LogP contribution in [0.2, 0.25) is 0 Å². The van der Waals surface area contributed by atoms with Gasteiger partial charge < -0.3 is 10.5 Å². The molecule has 1 atom stereocenters. The van der Waals surface area contributed by atoms with Crippen LogP contribution in [0.1, 0.15) is 19.4 Å². The molecule has 1 aromatic rings. The summed E-state index contributed by atoms with van der Waals surface area (Å²) in [6, 6.07) is 5.55. The van der Waals surface area contributed by atoms with Crippen molar-refractivity contribution in [1.29, 1.82) is 5.26 Å². The molecule has 19 heavy (non-hydrogen) atoms. The number of nitriles is 1. The van der Waals surface area contributed by atoms with Crippen LogP contribution in [-0.4, -0.2) is 27.7 Å². The second kappa shape index (κ2) is 6.52. The van der Waals surface area contributed by atoms with Gasteiger partial charge in [-0.05, 0) is 32.0 Å². The molecule has 0 radical (unpaired) electrons. The molecule has 0 fully saturated rings. The number of nitrogens with two attached hydrogens (primary N) is 1. The normalized spacial score (nSPS) is 12.9. The second-order valence-corrected chi connectivity index (χ2v) is 5.73.